The first-order valence-corrected chi connectivity index (χ1v) is 12.9. The SMILES string of the molecule is CCCCc1cc(CCCC)c2c(c1)N(C(CC)S(=O)(=O)O)c1ccccc1S2. The van der Waals surface area contributed by atoms with Crippen LogP contribution in [0.2, 0.25) is 0 Å². The second kappa shape index (κ2) is 9.54. The van der Waals surface area contributed by atoms with E-state index in [2.05, 4.69) is 26.0 Å². The molecule has 158 valence electrons. The topological polar surface area (TPSA) is 57.6 Å². The molecule has 1 heterocycles. The molecular formula is C23H31NO3S2. The van der Waals surface area contributed by atoms with Gasteiger partial charge in [0.2, 0.25) is 0 Å². The Morgan fingerprint density at radius 3 is 2.34 bits per heavy atom. The highest BCUT2D eigenvalue weighted by Crippen LogP contribution is 2.51. The second-order valence-electron chi connectivity index (χ2n) is 7.63. The zero-order valence-electron chi connectivity index (χ0n) is 17.5. The minimum atomic E-state index is -4.24. The van der Waals surface area contributed by atoms with Crippen LogP contribution >= 0.6 is 11.8 Å². The van der Waals surface area contributed by atoms with Gasteiger partial charge in [-0.05, 0) is 61.4 Å². The molecule has 2 aromatic carbocycles. The molecule has 0 spiro atoms. The molecule has 0 saturated heterocycles. The highest BCUT2D eigenvalue weighted by molar-refractivity contribution is 7.99. The number of rotatable bonds is 9. The standard InChI is InChI=1S/C23H31NO3S2/c1-4-7-11-17-15-18(12-8-5-2)23-20(16-17)24(22(6-3)29(25,26)27)19-13-9-10-14-21(19)28-23/h9-10,13-16,22H,4-8,11-12H2,1-3H3,(H,25,26,27). The van der Waals surface area contributed by atoms with Gasteiger partial charge in [-0.2, -0.15) is 8.42 Å². The third kappa shape index (κ3) is 4.81. The molecule has 1 atom stereocenters. The van der Waals surface area contributed by atoms with Gasteiger partial charge in [0.1, 0.15) is 0 Å². The molecule has 29 heavy (non-hydrogen) atoms. The number of benzene rings is 2. The first-order valence-electron chi connectivity index (χ1n) is 10.6. The van der Waals surface area contributed by atoms with Crippen LogP contribution in [0, 0.1) is 0 Å². The van der Waals surface area contributed by atoms with Gasteiger partial charge >= 0.3 is 0 Å². The van der Waals surface area contributed by atoms with Crippen LogP contribution in [0.3, 0.4) is 0 Å². The molecular weight excluding hydrogens is 402 g/mol. The molecule has 0 aliphatic carbocycles. The Labute approximate surface area is 179 Å². The van der Waals surface area contributed by atoms with Gasteiger partial charge in [-0.3, -0.25) is 4.55 Å². The van der Waals surface area contributed by atoms with Crippen LogP contribution in [0.25, 0.3) is 0 Å². The summed E-state index contributed by atoms with van der Waals surface area (Å²) in [6.07, 6.45) is 6.69. The summed E-state index contributed by atoms with van der Waals surface area (Å²) in [6, 6.07) is 12.3. The maximum Gasteiger partial charge on any atom is 0.286 e. The number of hydrogen-bond donors (Lipinski definition) is 1. The normalized spacial score (nSPS) is 14.4. The van der Waals surface area contributed by atoms with Crippen molar-refractivity contribution < 1.29 is 13.0 Å². The number of aryl methyl sites for hydroxylation is 2. The molecule has 1 N–H and O–H groups in total. The van der Waals surface area contributed by atoms with E-state index in [4.69, 9.17) is 0 Å². The van der Waals surface area contributed by atoms with E-state index < -0.39 is 15.5 Å². The van der Waals surface area contributed by atoms with Crippen molar-refractivity contribution in [3.05, 3.63) is 47.5 Å². The van der Waals surface area contributed by atoms with Gasteiger partial charge in [0, 0.05) is 9.79 Å². The van der Waals surface area contributed by atoms with Gasteiger partial charge in [0.25, 0.3) is 10.1 Å². The minimum absolute atomic E-state index is 0.306. The van der Waals surface area contributed by atoms with E-state index in [-0.39, 0.29) is 0 Å². The fourth-order valence-corrected chi connectivity index (χ4v) is 6.04. The monoisotopic (exact) mass is 433 g/mol. The number of hydrogen-bond acceptors (Lipinski definition) is 4. The molecule has 3 rings (SSSR count). The smallest absolute Gasteiger partial charge is 0.286 e. The third-order valence-corrected chi connectivity index (χ3v) is 7.87. The van der Waals surface area contributed by atoms with Crippen LogP contribution in [0.5, 0.6) is 0 Å². The van der Waals surface area contributed by atoms with Crippen LogP contribution in [0.15, 0.2) is 46.2 Å². The number of para-hydroxylation sites is 1. The maximum atomic E-state index is 12.3. The number of nitrogens with zero attached hydrogens (tertiary/aromatic N) is 1. The van der Waals surface area contributed by atoms with E-state index in [1.54, 1.807) is 18.7 Å². The van der Waals surface area contributed by atoms with Gasteiger partial charge in [-0.15, -0.1) is 0 Å². The van der Waals surface area contributed by atoms with E-state index in [0.717, 1.165) is 59.7 Å². The van der Waals surface area contributed by atoms with Crippen molar-refractivity contribution in [2.45, 2.75) is 80.9 Å². The summed E-state index contributed by atoms with van der Waals surface area (Å²) in [5, 5.41) is -0.997. The molecule has 1 aliphatic rings. The Balaban J connectivity index is 2.22. The van der Waals surface area contributed by atoms with Gasteiger partial charge in [-0.1, -0.05) is 63.6 Å². The molecule has 1 aliphatic heterocycles. The lowest BCUT2D eigenvalue weighted by Gasteiger charge is -2.38. The summed E-state index contributed by atoms with van der Waals surface area (Å²) in [5.41, 5.74) is 4.29. The molecule has 0 saturated carbocycles. The van der Waals surface area contributed by atoms with Crippen LogP contribution in [0.1, 0.15) is 64.0 Å². The predicted octanol–water partition coefficient (Wildman–Crippen LogP) is 6.60. The fourth-order valence-electron chi connectivity index (χ4n) is 3.93. The highest BCUT2D eigenvalue weighted by Gasteiger charge is 2.36. The van der Waals surface area contributed by atoms with Crippen LogP contribution in [-0.2, 0) is 23.0 Å². The van der Waals surface area contributed by atoms with Crippen molar-refractivity contribution in [1.29, 1.82) is 0 Å². The summed E-state index contributed by atoms with van der Waals surface area (Å²) >= 11 is 1.72. The van der Waals surface area contributed by atoms with E-state index in [1.807, 2.05) is 29.2 Å². The van der Waals surface area contributed by atoms with Crippen molar-refractivity contribution in [2.75, 3.05) is 4.90 Å². The van der Waals surface area contributed by atoms with E-state index in [1.165, 1.54) is 11.1 Å². The lowest BCUT2D eigenvalue weighted by molar-refractivity contribution is 0.464. The summed E-state index contributed by atoms with van der Waals surface area (Å²) in [7, 11) is -4.24. The zero-order chi connectivity index (χ0) is 21.0. The molecule has 4 nitrogen and oxygen atoms in total. The van der Waals surface area contributed by atoms with Gasteiger partial charge in [0.05, 0.1) is 11.4 Å². The summed E-state index contributed by atoms with van der Waals surface area (Å²) in [6.45, 7) is 6.18. The molecule has 0 amide bonds. The quantitative estimate of drug-likeness (QED) is 0.452. The minimum Gasteiger partial charge on any atom is -0.320 e. The first kappa shape index (κ1) is 22.2. The predicted molar refractivity (Wildman–Crippen MR) is 122 cm³/mol. The molecule has 1 unspecified atom stereocenters. The van der Waals surface area contributed by atoms with E-state index in [9.17, 15) is 13.0 Å². The lowest BCUT2D eigenvalue weighted by atomic mass is 9.99. The summed E-state index contributed by atoms with van der Waals surface area (Å²) < 4.78 is 34.6. The first-order chi connectivity index (χ1) is 13.9. The Morgan fingerprint density at radius 1 is 1.00 bits per heavy atom. The zero-order valence-corrected chi connectivity index (χ0v) is 19.2. The average molecular weight is 434 g/mol. The van der Waals surface area contributed by atoms with Crippen molar-refractivity contribution in [2.24, 2.45) is 0 Å². The van der Waals surface area contributed by atoms with E-state index in [0.29, 0.717) is 6.42 Å². The van der Waals surface area contributed by atoms with Gasteiger partial charge in [0.15, 0.2) is 5.37 Å². The number of fused-ring (bicyclic) bond motifs is 2. The Morgan fingerprint density at radius 2 is 1.69 bits per heavy atom. The number of unbranched alkanes of at least 4 members (excludes halogenated alkanes) is 2. The second-order valence-corrected chi connectivity index (χ2v) is 10.3. The third-order valence-electron chi connectivity index (χ3n) is 5.40. The van der Waals surface area contributed by atoms with Gasteiger partial charge in [-0.25, -0.2) is 0 Å². The van der Waals surface area contributed by atoms with E-state index >= 15 is 0 Å². The number of anilines is 2. The van der Waals surface area contributed by atoms with Gasteiger partial charge < -0.3 is 4.90 Å². The van der Waals surface area contributed by atoms with Crippen LogP contribution < -0.4 is 4.90 Å². The lowest BCUT2D eigenvalue weighted by Crippen LogP contribution is -2.39. The summed E-state index contributed by atoms with van der Waals surface area (Å²) in [4.78, 5) is 4.00. The Kier molecular flexibility index (Phi) is 7.30. The van der Waals surface area contributed by atoms with Crippen molar-refractivity contribution >= 4 is 33.3 Å². The Bertz CT molecular complexity index is 957. The van der Waals surface area contributed by atoms with Crippen molar-refractivity contribution in [3.8, 4) is 0 Å². The molecule has 0 aromatic heterocycles. The van der Waals surface area contributed by atoms with Crippen LogP contribution in [0.4, 0.5) is 11.4 Å². The largest absolute Gasteiger partial charge is 0.320 e. The average Bonchev–Trinajstić information content (AvgIpc) is 2.69. The molecule has 0 fully saturated rings. The fraction of sp³-hybridized carbons (Fsp3) is 0.478. The maximum absolute atomic E-state index is 12.3. The van der Waals surface area contributed by atoms with Crippen molar-refractivity contribution in [1.82, 2.24) is 0 Å². The van der Waals surface area contributed by atoms with Crippen molar-refractivity contribution in [3.63, 3.8) is 0 Å². The summed E-state index contributed by atoms with van der Waals surface area (Å²) in [5.74, 6) is 0. The van der Waals surface area contributed by atoms with Crippen LogP contribution in [-0.4, -0.2) is 18.3 Å². The molecule has 6 heteroatoms. The molecule has 0 bridgehead atoms. The highest BCUT2D eigenvalue weighted by atomic mass is 32.2. The molecule has 0 radical (unpaired) electrons. The molecule has 2 aromatic rings. The Hall–Kier alpha value is -1.50.